The first-order chi connectivity index (χ1) is 11.5. The van der Waals surface area contributed by atoms with Crippen molar-refractivity contribution in [2.75, 3.05) is 13.2 Å². The van der Waals surface area contributed by atoms with Crippen LogP contribution in [0.15, 0.2) is 30.3 Å². The molecule has 0 saturated heterocycles. The summed E-state index contributed by atoms with van der Waals surface area (Å²) in [6.07, 6.45) is 0.780. The van der Waals surface area contributed by atoms with Crippen LogP contribution in [-0.2, 0) is 6.54 Å². The maximum absolute atomic E-state index is 13.2. The van der Waals surface area contributed by atoms with Crippen LogP contribution < -0.4 is 14.8 Å². The van der Waals surface area contributed by atoms with Crippen LogP contribution in [-0.4, -0.2) is 19.1 Å². The zero-order valence-electron chi connectivity index (χ0n) is 12.6. The number of hydrogen-bond acceptors (Lipinski definition) is 3. The number of benzene rings is 2. The second-order valence-electron chi connectivity index (χ2n) is 5.27. The van der Waals surface area contributed by atoms with Crippen LogP contribution in [0.2, 0.25) is 0 Å². The highest BCUT2D eigenvalue weighted by molar-refractivity contribution is 5.94. The van der Waals surface area contributed by atoms with Crippen LogP contribution >= 0.6 is 0 Å². The molecule has 2 aromatic carbocycles. The first kappa shape index (κ1) is 16.2. The number of ether oxygens (including phenoxy) is 2. The average molecular weight is 337 g/mol. The minimum atomic E-state index is -1.60. The van der Waals surface area contributed by atoms with Gasteiger partial charge in [0.15, 0.2) is 29.0 Å². The van der Waals surface area contributed by atoms with Gasteiger partial charge in [0.25, 0.3) is 5.91 Å². The van der Waals surface area contributed by atoms with E-state index < -0.39 is 23.4 Å². The van der Waals surface area contributed by atoms with Crippen LogP contribution in [0.5, 0.6) is 11.5 Å². The van der Waals surface area contributed by atoms with E-state index in [1.807, 2.05) is 0 Å². The number of halogens is 3. The van der Waals surface area contributed by atoms with E-state index in [1.165, 1.54) is 0 Å². The molecular weight excluding hydrogens is 323 g/mol. The van der Waals surface area contributed by atoms with Crippen LogP contribution in [0.25, 0.3) is 0 Å². The van der Waals surface area contributed by atoms with Crippen molar-refractivity contribution in [2.45, 2.75) is 13.0 Å². The molecule has 4 nitrogen and oxygen atoms in total. The standard InChI is InChI=1S/C17H14F3NO3/c18-12-7-11(8-13(19)16(12)20)17(22)21-9-10-2-3-14-15(6-10)24-5-1-4-23-14/h2-3,6-8H,1,4-5,9H2,(H,21,22). The molecule has 126 valence electrons. The Morgan fingerprint density at radius 2 is 1.67 bits per heavy atom. The van der Waals surface area contributed by atoms with E-state index in [2.05, 4.69) is 5.32 Å². The number of amides is 1. The molecule has 1 N–H and O–H groups in total. The van der Waals surface area contributed by atoms with Gasteiger partial charge in [0.2, 0.25) is 0 Å². The SMILES string of the molecule is O=C(NCc1ccc2c(c1)OCCCO2)c1cc(F)c(F)c(F)c1. The molecule has 0 aromatic heterocycles. The monoisotopic (exact) mass is 337 g/mol. The summed E-state index contributed by atoms with van der Waals surface area (Å²) in [6, 6.07) is 6.52. The van der Waals surface area contributed by atoms with Gasteiger partial charge in [-0.25, -0.2) is 13.2 Å². The fraction of sp³-hybridized carbons (Fsp3) is 0.235. The number of rotatable bonds is 3. The normalized spacial score (nSPS) is 13.3. The molecule has 1 aliphatic heterocycles. The van der Waals surface area contributed by atoms with E-state index in [1.54, 1.807) is 18.2 Å². The van der Waals surface area contributed by atoms with Crippen LogP contribution in [0.3, 0.4) is 0 Å². The summed E-state index contributed by atoms with van der Waals surface area (Å²) in [7, 11) is 0. The lowest BCUT2D eigenvalue weighted by atomic mass is 10.1. The van der Waals surface area contributed by atoms with Gasteiger partial charge in [0, 0.05) is 18.5 Å². The molecule has 1 heterocycles. The zero-order chi connectivity index (χ0) is 17.1. The van der Waals surface area contributed by atoms with Gasteiger partial charge in [0.05, 0.1) is 13.2 Å². The Morgan fingerprint density at radius 3 is 2.38 bits per heavy atom. The molecule has 0 unspecified atom stereocenters. The fourth-order valence-electron chi connectivity index (χ4n) is 2.29. The quantitative estimate of drug-likeness (QED) is 0.875. The molecule has 0 saturated carbocycles. The van der Waals surface area contributed by atoms with Crippen molar-refractivity contribution in [2.24, 2.45) is 0 Å². The molecule has 3 rings (SSSR count). The Morgan fingerprint density at radius 1 is 1.00 bits per heavy atom. The van der Waals surface area contributed by atoms with Crippen molar-refractivity contribution in [3.63, 3.8) is 0 Å². The van der Waals surface area contributed by atoms with Gasteiger partial charge in [-0.2, -0.15) is 0 Å². The molecule has 0 spiro atoms. The second kappa shape index (κ2) is 6.82. The molecule has 24 heavy (non-hydrogen) atoms. The van der Waals surface area contributed by atoms with Crippen molar-refractivity contribution in [3.8, 4) is 11.5 Å². The lowest BCUT2D eigenvalue weighted by Crippen LogP contribution is -2.23. The number of nitrogens with one attached hydrogen (secondary N) is 1. The molecule has 0 radical (unpaired) electrons. The summed E-state index contributed by atoms with van der Waals surface area (Å²) < 4.78 is 50.3. The Kier molecular flexibility index (Phi) is 4.59. The summed E-state index contributed by atoms with van der Waals surface area (Å²) in [5.74, 6) is -3.91. The Hall–Kier alpha value is -2.70. The Balaban J connectivity index is 1.69. The van der Waals surface area contributed by atoms with Gasteiger partial charge in [-0.15, -0.1) is 0 Å². The van der Waals surface area contributed by atoms with Gasteiger partial charge in [-0.1, -0.05) is 6.07 Å². The molecule has 0 aliphatic carbocycles. The molecule has 1 aliphatic rings. The van der Waals surface area contributed by atoms with Gasteiger partial charge in [0.1, 0.15) is 0 Å². The van der Waals surface area contributed by atoms with E-state index in [0.29, 0.717) is 36.8 Å². The molecule has 1 amide bonds. The predicted molar refractivity (Wildman–Crippen MR) is 79.5 cm³/mol. The van der Waals surface area contributed by atoms with Crippen molar-refractivity contribution in [3.05, 3.63) is 58.9 Å². The van der Waals surface area contributed by atoms with Crippen molar-refractivity contribution >= 4 is 5.91 Å². The topological polar surface area (TPSA) is 47.6 Å². The van der Waals surface area contributed by atoms with Gasteiger partial charge in [-0.3, -0.25) is 4.79 Å². The summed E-state index contributed by atoms with van der Waals surface area (Å²) in [6.45, 7) is 1.23. The smallest absolute Gasteiger partial charge is 0.251 e. The van der Waals surface area contributed by atoms with Crippen molar-refractivity contribution in [1.29, 1.82) is 0 Å². The largest absolute Gasteiger partial charge is 0.490 e. The zero-order valence-corrected chi connectivity index (χ0v) is 12.6. The highest BCUT2D eigenvalue weighted by atomic mass is 19.2. The Bertz CT molecular complexity index is 757. The summed E-state index contributed by atoms with van der Waals surface area (Å²) in [5, 5.41) is 2.52. The number of fused-ring (bicyclic) bond motifs is 1. The lowest BCUT2D eigenvalue weighted by molar-refractivity contribution is 0.0949. The first-order valence-electron chi connectivity index (χ1n) is 7.36. The summed E-state index contributed by atoms with van der Waals surface area (Å²) >= 11 is 0. The Labute approximate surface area is 136 Å². The highest BCUT2D eigenvalue weighted by Gasteiger charge is 2.15. The molecule has 0 atom stereocenters. The van der Waals surface area contributed by atoms with E-state index in [4.69, 9.17) is 9.47 Å². The fourth-order valence-corrected chi connectivity index (χ4v) is 2.29. The molecule has 2 aromatic rings. The van der Waals surface area contributed by atoms with Crippen molar-refractivity contribution in [1.82, 2.24) is 5.32 Å². The maximum atomic E-state index is 13.2. The van der Waals surface area contributed by atoms with Gasteiger partial charge >= 0.3 is 0 Å². The molecule has 7 heteroatoms. The van der Waals surface area contributed by atoms with Crippen LogP contribution in [0.4, 0.5) is 13.2 Å². The number of carbonyl (C=O) groups excluding carboxylic acids is 1. The van der Waals surface area contributed by atoms with E-state index >= 15 is 0 Å². The first-order valence-corrected chi connectivity index (χ1v) is 7.36. The minimum Gasteiger partial charge on any atom is -0.490 e. The van der Waals surface area contributed by atoms with E-state index in [-0.39, 0.29) is 12.1 Å². The van der Waals surface area contributed by atoms with Gasteiger partial charge < -0.3 is 14.8 Å². The third-order valence-electron chi connectivity index (χ3n) is 3.51. The van der Waals surface area contributed by atoms with Crippen LogP contribution in [0, 0.1) is 17.5 Å². The third-order valence-corrected chi connectivity index (χ3v) is 3.51. The maximum Gasteiger partial charge on any atom is 0.251 e. The number of hydrogen-bond donors (Lipinski definition) is 1. The third kappa shape index (κ3) is 3.45. The van der Waals surface area contributed by atoms with Crippen molar-refractivity contribution < 1.29 is 27.4 Å². The van der Waals surface area contributed by atoms with Gasteiger partial charge in [-0.05, 0) is 29.8 Å². The lowest BCUT2D eigenvalue weighted by Gasteiger charge is -2.10. The highest BCUT2D eigenvalue weighted by Crippen LogP contribution is 2.30. The average Bonchev–Trinajstić information content (AvgIpc) is 2.81. The molecule has 0 fully saturated rings. The van der Waals surface area contributed by atoms with E-state index in [0.717, 1.165) is 12.0 Å². The predicted octanol–water partition coefficient (Wildman–Crippen LogP) is 3.20. The summed E-state index contributed by atoms with van der Waals surface area (Å²) in [4.78, 5) is 12.0. The minimum absolute atomic E-state index is 0.121. The van der Waals surface area contributed by atoms with Crippen LogP contribution in [0.1, 0.15) is 22.3 Å². The summed E-state index contributed by atoms with van der Waals surface area (Å²) in [5.41, 5.74) is 0.441. The number of carbonyl (C=O) groups is 1. The van der Waals surface area contributed by atoms with E-state index in [9.17, 15) is 18.0 Å². The molecular formula is C17H14F3NO3. The molecule has 0 bridgehead atoms. The second-order valence-corrected chi connectivity index (χ2v) is 5.27.